The lowest BCUT2D eigenvalue weighted by Gasteiger charge is -2.08. The highest BCUT2D eigenvalue weighted by molar-refractivity contribution is 7.89. The van der Waals surface area contributed by atoms with Crippen molar-refractivity contribution in [3.63, 3.8) is 0 Å². The molecule has 6 nitrogen and oxygen atoms in total. The highest BCUT2D eigenvalue weighted by Crippen LogP contribution is 2.12. The number of rotatable bonds is 6. The topological polar surface area (TPSA) is 96.3 Å². The summed E-state index contributed by atoms with van der Waals surface area (Å²) in [6, 6.07) is 14.7. The van der Waals surface area contributed by atoms with Crippen LogP contribution in [-0.4, -0.2) is 21.4 Å². The summed E-state index contributed by atoms with van der Waals surface area (Å²) in [6.45, 7) is 0.408. The zero-order chi connectivity index (χ0) is 17.6. The van der Waals surface area contributed by atoms with Crippen LogP contribution in [-0.2, 0) is 27.1 Å². The van der Waals surface area contributed by atoms with Gasteiger partial charge in [0.05, 0.1) is 24.0 Å². The lowest BCUT2D eigenvalue weighted by atomic mass is 10.1. The summed E-state index contributed by atoms with van der Waals surface area (Å²) in [7, 11) is -2.35. The second-order valence-electron chi connectivity index (χ2n) is 5.09. The van der Waals surface area contributed by atoms with E-state index in [-0.39, 0.29) is 11.1 Å². The van der Waals surface area contributed by atoms with E-state index < -0.39 is 21.7 Å². The second-order valence-corrected chi connectivity index (χ2v) is 6.81. The largest absolute Gasteiger partial charge is 0.380 e. The number of methoxy groups -OCH3 is 1. The van der Waals surface area contributed by atoms with E-state index in [1.165, 1.54) is 18.2 Å². The van der Waals surface area contributed by atoms with Crippen molar-refractivity contribution >= 4 is 15.9 Å². The Morgan fingerprint density at radius 2 is 1.83 bits per heavy atom. The Kier molecular flexibility index (Phi) is 5.68. The zero-order valence-electron chi connectivity index (χ0n) is 13.0. The fourth-order valence-electron chi connectivity index (χ4n) is 2.12. The number of ether oxygens (including phenoxy) is 1. The van der Waals surface area contributed by atoms with E-state index in [1.54, 1.807) is 37.4 Å². The van der Waals surface area contributed by atoms with Crippen LogP contribution in [0.4, 0.5) is 0 Å². The van der Waals surface area contributed by atoms with Gasteiger partial charge in [-0.3, -0.25) is 4.79 Å². The van der Waals surface area contributed by atoms with Gasteiger partial charge in [0, 0.05) is 12.7 Å². The minimum Gasteiger partial charge on any atom is -0.380 e. The van der Waals surface area contributed by atoms with Crippen molar-refractivity contribution < 1.29 is 17.9 Å². The monoisotopic (exact) mass is 344 g/mol. The van der Waals surface area contributed by atoms with Crippen LogP contribution in [0, 0.1) is 11.3 Å². The predicted octanol–water partition coefficient (Wildman–Crippen LogP) is 1.96. The normalized spacial score (nSPS) is 10.8. The van der Waals surface area contributed by atoms with Crippen LogP contribution in [0.15, 0.2) is 48.5 Å². The number of carbonyl (C=O) groups excluding carboxylic acids is 1. The van der Waals surface area contributed by atoms with Gasteiger partial charge in [-0.2, -0.15) is 5.26 Å². The lowest BCUT2D eigenvalue weighted by molar-refractivity contribution is 0.0981. The van der Waals surface area contributed by atoms with Crippen LogP contribution < -0.4 is 4.72 Å². The van der Waals surface area contributed by atoms with Crippen LogP contribution in [0.2, 0.25) is 0 Å². The van der Waals surface area contributed by atoms with Gasteiger partial charge in [-0.05, 0) is 29.3 Å². The SMILES string of the molecule is COCc1ccc(C(=O)NS(=O)(=O)Cc2ccccc2C#N)cc1. The maximum absolute atomic E-state index is 12.2. The van der Waals surface area contributed by atoms with Gasteiger partial charge in [0.2, 0.25) is 10.0 Å². The summed E-state index contributed by atoms with van der Waals surface area (Å²) in [5, 5.41) is 9.00. The highest BCUT2D eigenvalue weighted by Gasteiger charge is 2.18. The third-order valence-electron chi connectivity index (χ3n) is 3.26. The number of nitrogens with zero attached hydrogens (tertiary/aromatic N) is 1. The van der Waals surface area contributed by atoms with Gasteiger partial charge in [0.15, 0.2) is 0 Å². The molecule has 0 aliphatic heterocycles. The van der Waals surface area contributed by atoms with E-state index in [0.717, 1.165) is 5.56 Å². The van der Waals surface area contributed by atoms with E-state index in [2.05, 4.69) is 0 Å². The van der Waals surface area contributed by atoms with E-state index in [9.17, 15) is 13.2 Å². The van der Waals surface area contributed by atoms with Crippen LogP contribution in [0.5, 0.6) is 0 Å². The molecule has 0 atom stereocenters. The Morgan fingerprint density at radius 3 is 2.46 bits per heavy atom. The molecule has 0 spiro atoms. The van der Waals surface area contributed by atoms with Gasteiger partial charge in [-0.25, -0.2) is 13.1 Å². The van der Waals surface area contributed by atoms with E-state index in [4.69, 9.17) is 10.00 Å². The van der Waals surface area contributed by atoms with Crippen molar-refractivity contribution in [3.8, 4) is 6.07 Å². The number of amides is 1. The molecule has 0 heterocycles. The molecule has 1 N–H and O–H groups in total. The van der Waals surface area contributed by atoms with Crippen LogP contribution in [0.3, 0.4) is 0 Å². The van der Waals surface area contributed by atoms with Crippen molar-refractivity contribution in [2.75, 3.05) is 7.11 Å². The number of hydrogen-bond donors (Lipinski definition) is 1. The Labute approximate surface area is 140 Å². The van der Waals surface area contributed by atoms with Gasteiger partial charge in [0.1, 0.15) is 0 Å². The minimum atomic E-state index is -3.91. The van der Waals surface area contributed by atoms with Crippen LogP contribution in [0.25, 0.3) is 0 Å². The Hall–Kier alpha value is -2.69. The third kappa shape index (κ3) is 4.65. The summed E-state index contributed by atoms with van der Waals surface area (Å²) in [5.41, 5.74) is 1.71. The molecule has 0 bridgehead atoms. The highest BCUT2D eigenvalue weighted by atomic mass is 32.2. The molecule has 7 heteroatoms. The summed E-state index contributed by atoms with van der Waals surface area (Å²) >= 11 is 0. The molecule has 1 amide bonds. The van der Waals surface area contributed by atoms with Gasteiger partial charge in [0.25, 0.3) is 5.91 Å². The quantitative estimate of drug-likeness (QED) is 0.864. The predicted molar refractivity (Wildman–Crippen MR) is 88.4 cm³/mol. The van der Waals surface area contributed by atoms with Crippen molar-refractivity contribution in [3.05, 3.63) is 70.8 Å². The molecule has 0 fully saturated rings. The molecule has 0 unspecified atom stereocenters. The van der Waals surface area contributed by atoms with E-state index in [1.807, 2.05) is 10.8 Å². The summed E-state index contributed by atoms with van der Waals surface area (Å²) in [5.74, 6) is -1.15. The molecule has 0 saturated heterocycles. The average Bonchev–Trinajstić information content (AvgIpc) is 2.55. The number of carbonyl (C=O) groups is 1. The Balaban J connectivity index is 2.11. The van der Waals surface area contributed by atoms with Gasteiger partial charge in [-0.1, -0.05) is 30.3 Å². The first-order valence-electron chi connectivity index (χ1n) is 7.06. The number of nitrogens with one attached hydrogen (secondary N) is 1. The van der Waals surface area contributed by atoms with Crippen molar-refractivity contribution in [2.24, 2.45) is 0 Å². The molecule has 0 radical (unpaired) electrons. The van der Waals surface area contributed by atoms with Crippen molar-refractivity contribution in [2.45, 2.75) is 12.4 Å². The molecular formula is C17H16N2O4S. The summed E-state index contributed by atoms with van der Waals surface area (Å²) < 4.78 is 31.3. The molecular weight excluding hydrogens is 328 g/mol. The second kappa shape index (κ2) is 7.73. The smallest absolute Gasteiger partial charge is 0.264 e. The molecule has 2 aromatic rings. The molecule has 2 aromatic carbocycles. The first kappa shape index (κ1) is 17.7. The first-order chi connectivity index (χ1) is 11.4. The molecule has 0 aliphatic rings. The molecule has 0 saturated carbocycles. The fourth-order valence-corrected chi connectivity index (χ4v) is 3.25. The maximum Gasteiger partial charge on any atom is 0.264 e. The lowest BCUT2D eigenvalue weighted by Crippen LogP contribution is -2.31. The molecule has 124 valence electrons. The third-order valence-corrected chi connectivity index (χ3v) is 4.45. The zero-order valence-corrected chi connectivity index (χ0v) is 13.8. The summed E-state index contributed by atoms with van der Waals surface area (Å²) in [6.07, 6.45) is 0. The average molecular weight is 344 g/mol. The number of benzene rings is 2. The number of sulfonamides is 1. The standard InChI is InChI=1S/C17H16N2O4S/c1-23-11-13-6-8-14(9-7-13)17(20)19-24(21,22)12-16-5-3-2-4-15(16)10-18/h2-9H,11-12H2,1H3,(H,19,20). The number of hydrogen-bond acceptors (Lipinski definition) is 5. The van der Waals surface area contributed by atoms with Crippen LogP contribution in [0.1, 0.15) is 27.0 Å². The van der Waals surface area contributed by atoms with Crippen molar-refractivity contribution in [1.82, 2.24) is 4.72 Å². The van der Waals surface area contributed by atoms with E-state index in [0.29, 0.717) is 12.2 Å². The van der Waals surface area contributed by atoms with Gasteiger partial charge < -0.3 is 4.74 Å². The molecule has 2 rings (SSSR count). The maximum atomic E-state index is 12.2. The van der Waals surface area contributed by atoms with Crippen molar-refractivity contribution in [1.29, 1.82) is 5.26 Å². The summed E-state index contributed by atoms with van der Waals surface area (Å²) in [4.78, 5) is 12.1. The fraction of sp³-hybridized carbons (Fsp3) is 0.176. The molecule has 0 aliphatic carbocycles. The van der Waals surface area contributed by atoms with Gasteiger partial charge in [-0.15, -0.1) is 0 Å². The molecule has 24 heavy (non-hydrogen) atoms. The van der Waals surface area contributed by atoms with E-state index >= 15 is 0 Å². The number of nitriles is 1. The minimum absolute atomic E-state index is 0.229. The van der Waals surface area contributed by atoms with Gasteiger partial charge >= 0.3 is 0 Å². The van der Waals surface area contributed by atoms with Crippen LogP contribution >= 0.6 is 0 Å². The Bertz CT molecular complexity index is 868. The first-order valence-corrected chi connectivity index (χ1v) is 8.71. The molecule has 0 aromatic heterocycles. The Morgan fingerprint density at radius 1 is 1.17 bits per heavy atom.